The maximum absolute atomic E-state index is 2.47. The molecule has 0 bridgehead atoms. The third-order valence-electron chi connectivity index (χ3n) is 2.86. The van der Waals surface area contributed by atoms with Crippen LogP contribution in [0.2, 0.25) is 0 Å². The fourth-order valence-electron chi connectivity index (χ4n) is 2.96. The van der Waals surface area contributed by atoms with Gasteiger partial charge in [0.15, 0.2) is 0 Å². The van der Waals surface area contributed by atoms with Gasteiger partial charge < -0.3 is 0 Å². The van der Waals surface area contributed by atoms with E-state index < -0.39 is 0 Å². The zero-order valence-corrected chi connectivity index (χ0v) is 13.0. The van der Waals surface area contributed by atoms with Gasteiger partial charge in [0.05, 0.1) is 0 Å². The van der Waals surface area contributed by atoms with Gasteiger partial charge in [0.25, 0.3) is 0 Å². The molecule has 0 radical (unpaired) electrons. The molecule has 0 amide bonds. The van der Waals surface area contributed by atoms with Crippen molar-refractivity contribution in [1.29, 1.82) is 0 Å². The van der Waals surface area contributed by atoms with Crippen molar-refractivity contribution in [1.82, 2.24) is 0 Å². The van der Waals surface area contributed by atoms with Crippen LogP contribution in [0.5, 0.6) is 0 Å². The van der Waals surface area contributed by atoms with Crippen LogP contribution in [0.3, 0.4) is 0 Å². The van der Waals surface area contributed by atoms with Gasteiger partial charge in [0, 0.05) is 0 Å². The molecule has 0 aliphatic rings. The van der Waals surface area contributed by atoms with E-state index in [0.29, 0.717) is 10.3 Å². The van der Waals surface area contributed by atoms with Crippen LogP contribution in [0.1, 0.15) is 74.7 Å². The summed E-state index contributed by atoms with van der Waals surface area (Å²) in [5, 5.41) is 0.974. The van der Waals surface area contributed by atoms with Gasteiger partial charge in [-0.3, -0.25) is 0 Å². The highest BCUT2D eigenvalue weighted by molar-refractivity contribution is 7.61. The van der Waals surface area contributed by atoms with Crippen molar-refractivity contribution in [3.8, 4) is 0 Å². The molecular formula is C14H31P. The van der Waals surface area contributed by atoms with E-state index in [9.17, 15) is 0 Å². The minimum absolute atomic E-state index is 0.0844. The van der Waals surface area contributed by atoms with Crippen LogP contribution in [0.25, 0.3) is 0 Å². The Hall–Kier alpha value is 0.430. The van der Waals surface area contributed by atoms with Crippen molar-refractivity contribution in [2.24, 2.45) is 0 Å². The summed E-state index contributed by atoms with van der Waals surface area (Å²) >= 11 is 0. The van der Waals surface area contributed by atoms with Gasteiger partial charge in [-0.2, -0.15) is 0 Å². The van der Waals surface area contributed by atoms with E-state index in [0.717, 1.165) is 5.66 Å². The van der Waals surface area contributed by atoms with Crippen LogP contribution in [-0.2, 0) is 0 Å². The van der Waals surface area contributed by atoms with Crippen LogP contribution in [0, 0.1) is 0 Å². The fraction of sp³-hybridized carbons (Fsp3) is 1.00. The highest BCUT2D eigenvalue weighted by atomic mass is 31.1. The Balaban J connectivity index is 4.65. The maximum atomic E-state index is 2.47. The summed E-state index contributed by atoms with van der Waals surface area (Å²) in [7, 11) is 0.0844. The Kier molecular flexibility index (Phi) is 5.83. The average Bonchev–Trinajstić information content (AvgIpc) is 1.94. The largest absolute Gasteiger partial charge is 0.0927 e. The van der Waals surface area contributed by atoms with Crippen LogP contribution in [0.4, 0.5) is 0 Å². The number of hydrogen-bond acceptors (Lipinski definition) is 0. The molecule has 0 aromatic carbocycles. The molecule has 0 aromatic rings. The molecule has 0 saturated carbocycles. The van der Waals surface area contributed by atoms with Crippen molar-refractivity contribution < 1.29 is 0 Å². The summed E-state index contributed by atoms with van der Waals surface area (Å²) < 4.78 is 0. The molecular weight excluding hydrogens is 199 g/mol. The van der Waals surface area contributed by atoms with Gasteiger partial charge in [-0.15, -0.1) is 0 Å². The number of hydrogen-bond donors (Lipinski definition) is 0. The fourth-order valence-corrected chi connectivity index (χ4v) is 8.06. The lowest BCUT2D eigenvalue weighted by atomic mass is 10.2. The molecule has 92 valence electrons. The molecule has 0 saturated heterocycles. The highest BCUT2D eigenvalue weighted by Crippen LogP contribution is 2.63. The summed E-state index contributed by atoms with van der Waals surface area (Å²) in [5.41, 5.74) is 0.903. The van der Waals surface area contributed by atoms with E-state index >= 15 is 0 Å². The van der Waals surface area contributed by atoms with E-state index in [4.69, 9.17) is 0 Å². The molecule has 1 heteroatoms. The van der Waals surface area contributed by atoms with E-state index in [2.05, 4.69) is 55.4 Å². The van der Waals surface area contributed by atoms with Crippen LogP contribution in [-0.4, -0.2) is 16.0 Å². The van der Waals surface area contributed by atoms with Crippen molar-refractivity contribution in [3.05, 3.63) is 0 Å². The number of unbranched alkanes of at least 4 members (excludes halogenated alkanes) is 1. The molecule has 1 atom stereocenters. The van der Waals surface area contributed by atoms with Gasteiger partial charge in [-0.05, 0) is 22.4 Å². The van der Waals surface area contributed by atoms with Gasteiger partial charge in [-0.25, -0.2) is 0 Å². The molecule has 0 aliphatic heterocycles. The quantitative estimate of drug-likeness (QED) is 0.548. The monoisotopic (exact) mass is 230 g/mol. The lowest BCUT2D eigenvalue weighted by molar-refractivity contribution is 0.647. The predicted octanol–water partition coefficient (Wildman–Crippen LogP) is 5.64. The van der Waals surface area contributed by atoms with Crippen LogP contribution >= 0.6 is 7.92 Å². The maximum Gasteiger partial charge on any atom is -0.0172 e. The van der Waals surface area contributed by atoms with Crippen LogP contribution < -0.4 is 0 Å². The molecule has 0 N–H and O–H groups in total. The minimum Gasteiger partial charge on any atom is -0.0927 e. The Bertz CT molecular complexity index is 157. The Morgan fingerprint density at radius 2 is 1.33 bits per heavy atom. The smallest absolute Gasteiger partial charge is 0.0172 e. The van der Waals surface area contributed by atoms with E-state index in [1.807, 2.05) is 0 Å². The second-order valence-corrected chi connectivity index (χ2v) is 11.0. The predicted molar refractivity (Wildman–Crippen MR) is 75.4 cm³/mol. The zero-order valence-electron chi connectivity index (χ0n) is 12.1. The molecule has 15 heavy (non-hydrogen) atoms. The first-order valence-electron chi connectivity index (χ1n) is 6.40. The lowest BCUT2D eigenvalue weighted by Gasteiger charge is -2.45. The van der Waals surface area contributed by atoms with Gasteiger partial charge in [0.2, 0.25) is 0 Å². The van der Waals surface area contributed by atoms with Gasteiger partial charge >= 0.3 is 0 Å². The van der Waals surface area contributed by atoms with E-state index in [1.165, 1.54) is 19.3 Å². The highest BCUT2D eigenvalue weighted by Gasteiger charge is 2.37. The van der Waals surface area contributed by atoms with Gasteiger partial charge in [-0.1, -0.05) is 76.2 Å². The van der Waals surface area contributed by atoms with Crippen molar-refractivity contribution in [2.75, 3.05) is 0 Å². The first-order chi connectivity index (χ1) is 6.60. The molecule has 0 aliphatic carbocycles. The van der Waals surface area contributed by atoms with Gasteiger partial charge in [0.1, 0.15) is 0 Å². The second-order valence-electron chi connectivity index (χ2n) is 6.70. The SMILES string of the molecule is CCCCC(C)P(C(C)(C)C)C(C)(C)C. The standard InChI is InChI=1S/C14H31P/c1-9-10-11-12(2)15(13(3,4)5)14(6,7)8/h12H,9-11H2,1-8H3. The summed E-state index contributed by atoms with van der Waals surface area (Å²) in [5.74, 6) is 0. The topological polar surface area (TPSA) is 0 Å². The molecule has 0 heterocycles. The summed E-state index contributed by atoms with van der Waals surface area (Å²) in [6.45, 7) is 19.3. The number of rotatable bonds is 4. The summed E-state index contributed by atoms with van der Waals surface area (Å²) in [6.07, 6.45) is 4.14. The minimum atomic E-state index is 0.0844. The van der Waals surface area contributed by atoms with Crippen LogP contribution in [0.15, 0.2) is 0 Å². The molecule has 0 nitrogen and oxygen atoms in total. The first kappa shape index (κ1) is 15.4. The summed E-state index contributed by atoms with van der Waals surface area (Å²) in [6, 6.07) is 0. The zero-order chi connectivity index (χ0) is 12.3. The Morgan fingerprint density at radius 1 is 0.933 bits per heavy atom. The Labute approximate surface area is 99.0 Å². The molecule has 1 unspecified atom stereocenters. The summed E-state index contributed by atoms with van der Waals surface area (Å²) in [4.78, 5) is 0. The molecule has 0 aromatic heterocycles. The normalized spacial score (nSPS) is 15.8. The first-order valence-corrected chi connectivity index (χ1v) is 7.81. The third kappa shape index (κ3) is 5.34. The van der Waals surface area contributed by atoms with E-state index in [1.54, 1.807) is 0 Å². The molecule has 0 rings (SSSR count). The molecule has 0 fully saturated rings. The lowest BCUT2D eigenvalue weighted by Crippen LogP contribution is -2.30. The second kappa shape index (κ2) is 5.67. The third-order valence-corrected chi connectivity index (χ3v) is 6.89. The Morgan fingerprint density at radius 3 is 1.60 bits per heavy atom. The van der Waals surface area contributed by atoms with Crippen molar-refractivity contribution in [3.63, 3.8) is 0 Å². The average molecular weight is 230 g/mol. The molecule has 0 spiro atoms. The van der Waals surface area contributed by atoms with E-state index in [-0.39, 0.29) is 7.92 Å². The van der Waals surface area contributed by atoms with Crippen molar-refractivity contribution in [2.45, 2.75) is 90.6 Å². The van der Waals surface area contributed by atoms with Crippen molar-refractivity contribution >= 4 is 7.92 Å².